The van der Waals surface area contributed by atoms with Crippen molar-refractivity contribution in [3.05, 3.63) is 30.7 Å². The van der Waals surface area contributed by atoms with E-state index in [2.05, 4.69) is 0 Å². The Bertz CT molecular complexity index is 506. The van der Waals surface area contributed by atoms with E-state index >= 15 is 0 Å². The summed E-state index contributed by atoms with van der Waals surface area (Å²) in [6.07, 6.45) is 0.263. The smallest absolute Gasteiger partial charge is 0.307 e. The van der Waals surface area contributed by atoms with Crippen molar-refractivity contribution in [3.8, 4) is 0 Å². The second kappa shape index (κ2) is 7.39. The summed E-state index contributed by atoms with van der Waals surface area (Å²) in [7, 11) is 0. The Kier molecular flexibility index (Phi) is 6.71. The van der Waals surface area contributed by atoms with Crippen molar-refractivity contribution >= 4 is 64.0 Å². The first-order chi connectivity index (χ1) is 9.22. The minimum absolute atomic E-state index is 0.0178. The number of aliphatic carboxylic acids is 1. The van der Waals surface area contributed by atoms with Crippen LogP contribution in [0.3, 0.4) is 0 Å². The molecule has 0 fully saturated rings. The molecule has 0 aliphatic heterocycles. The Morgan fingerprint density at radius 3 is 1.80 bits per heavy atom. The first kappa shape index (κ1) is 18.1. The SMILES string of the molecule is CC(CC(CN)C(=O)O)c1c(Cl)c(Cl)c(Cl)c(Cl)c1Cl. The molecule has 112 valence electrons. The predicted molar refractivity (Wildman–Crippen MR) is 84.7 cm³/mol. The molecule has 0 saturated heterocycles. The number of rotatable bonds is 5. The maximum absolute atomic E-state index is 11.0. The predicted octanol–water partition coefficient (Wildman–Crippen LogP) is 5.11. The highest BCUT2D eigenvalue weighted by molar-refractivity contribution is 6.55. The highest BCUT2D eigenvalue weighted by Gasteiger charge is 2.26. The second-order valence-electron chi connectivity index (χ2n) is 4.39. The Hall–Kier alpha value is 0.1000. The quantitative estimate of drug-likeness (QED) is 0.552. The van der Waals surface area contributed by atoms with E-state index in [1.54, 1.807) is 6.92 Å². The molecule has 0 bridgehead atoms. The van der Waals surface area contributed by atoms with E-state index in [4.69, 9.17) is 68.8 Å². The Morgan fingerprint density at radius 2 is 1.45 bits per heavy atom. The molecule has 1 aromatic carbocycles. The summed E-state index contributed by atoms with van der Waals surface area (Å²) in [5, 5.41) is 9.68. The Labute approximate surface area is 141 Å². The summed E-state index contributed by atoms with van der Waals surface area (Å²) >= 11 is 30.2. The zero-order valence-corrected chi connectivity index (χ0v) is 14.2. The molecule has 2 atom stereocenters. The summed E-state index contributed by atoms with van der Waals surface area (Å²) in [4.78, 5) is 11.0. The largest absolute Gasteiger partial charge is 0.481 e. The van der Waals surface area contributed by atoms with Crippen LogP contribution in [-0.4, -0.2) is 17.6 Å². The van der Waals surface area contributed by atoms with E-state index in [0.29, 0.717) is 5.56 Å². The molecule has 0 aliphatic rings. The molecular formula is C12H12Cl5NO2. The van der Waals surface area contributed by atoms with Crippen LogP contribution in [0.25, 0.3) is 0 Å². The fraction of sp³-hybridized carbons (Fsp3) is 0.417. The zero-order valence-electron chi connectivity index (χ0n) is 10.4. The minimum Gasteiger partial charge on any atom is -0.481 e. The van der Waals surface area contributed by atoms with Gasteiger partial charge in [0, 0.05) is 6.54 Å². The molecule has 0 spiro atoms. The van der Waals surface area contributed by atoms with Crippen molar-refractivity contribution in [1.82, 2.24) is 0 Å². The highest BCUT2D eigenvalue weighted by Crippen LogP contribution is 2.47. The van der Waals surface area contributed by atoms with Crippen LogP contribution in [0.2, 0.25) is 25.1 Å². The Morgan fingerprint density at radius 1 is 1.05 bits per heavy atom. The molecule has 0 amide bonds. The molecule has 0 heterocycles. The summed E-state index contributed by atoms with van der Waals surface area (Å²) in [5.41, 5.74) is 5.92. The normalized spacial score (nSPS) is 14.2. The third kappa shape index (κ3) is 3.65. The number of carboxylic acid groups (broad SMARTS) is 1. The zero-order chi connectivity index (χ0) is 15.6. The van der Waals surface area contributed by atoms with Gasteiger partial charge in [-0.2, -0.15) is 0 Å². The average molecular weight is 379 g/mol. The van der Waals surface area contributed by atoms with Crippen molar-refractivity contribution in [2.45, 2.75) is 19.3 Å². The van der Waals surface area contributed by atoms with Crippen LogP contribution in [0.5, 0.6) is 0 Å². The molecule has 3 nitrogen and oxygen atoms in total. The third-order valence-corrected chi connectivity index (χ3v) is 5.31. The highest BCUT2D eigenvalue weighted by atomic mass is 35.5. The lowest BCUT2D eigenvalue weighted by Crippen LogP contribution is -2.25. The van der Waals surface area contributed by atoms with Crippen LogP contribution in [0, 0.1) is 5.92 Å². The van der Waals surface area contributed by atoms with Gasteiger partial charge in [0.2, 0.25) is 0 Å². The second-order valence-corrected chi connectivity index (χ2v) is 6.28. The molecular weight excluding hydrogens is 367 g/mol. The number of carbonyl (C=O) groups is 1. The van der Waals surface area contributed by atoms with Crippen molar-refractivity contribution < 1.29 is 9.90 Å². The van der Waals surface area contributed by atoms with Crippen LogP contribution in [0.1, 0.15) is 24.8 Å². The molecule has 8 heteroatoms. The molecule has 1 rings (SSSR count). The van der Waals surface area contributed by atoms with Gasteiger partial charge in [-0.25, -0.2) is 0 Å². The van der Waals surface area contributed by atoms with E-state index in [9.17, 15) is 4.79 Å². The van der Waals surface area contributed by atoms with E-state index < -0.39 is 11.9 Å². The maximum Gasteiger partial charge on any atom is 0.307 e. The first-order valence-corrected chi connectivity index (χ1v) is 7.55. The topological polar surface area (TPSA) is 63.3 Å². The van der Waals surface area contributed by atoms with Crippen LogP contribution in [-0.2, 0) is 4.79 Å². The molecule has 2 unspecified atom stereocenters. The molecule has 0 aromatic heterocycles. The number of hydrogen-bond donors (Lipinski definition) is 2. The van der Waals surface area contributed by atoms with Gasteiger partial charge in [-0.1, -0.05) is 64.9 Å². The number of benzene rings is 1. The summed E-state index contributed by atoms with van der Waals surface area (Å²) in [6, 6.07) is 0. The first-order valence-electron chi connectivity index (χ1n) is 5.66. The van der Waals surface area contributed by atoms with Crippen molar-refractivity contribution in [3.63, 3.8) is 0 Å². The van der Waals surface area contributed by atoms with Gasteiger partial charge in [-0.3, -0.25) is 4.79 Å². The van der Waals surface area contributed by atoms with E-state index in [-0.39, 0.29) is 44.0 Å². The van der Waals surface area contributed by atoms with E-state index in [1.807, 2.05) is 0 Å². The van der Waals surface area contributed by atoms with Gasteiger partial charge < -0.3 is 10.8 Å². The maximum atomic E-state index is 11.0. The van der Waals surface area contributed by atoms with Gasteiger partial charge in [-0.15, -0.1) is 0 Å². The van der Waals surface area contributed by atoms with Crippen LogP contribution < -0.4 is 5.73 Å². The fourth-order valence-electron chi connectivity index (χ4n) is 1.90. The lowest BCUT2D eigenvalue weighted by molar-refractivity contribution is -0.141. The molecule has 3 N–H and O–H groups in total. The molecule has 20 heavy (non-hydrogen) atoms. The standard InChI is InChI=1S/C12H12Cl5NO2/c1-4(2-5(3-18)12(19)20)6-7(13)9(15)11(17)10(16)8(6)14/h4-5H,2-3,18H2,1H3,(H,19,20). The van der Waals surface area contributed by atoms with Gasteiger partial charge >= 0.3 is 5.97 Å². The molecule has 1 aromatic rings. The van der Waals surface area contributed by atoms with E-state index in [1.165, 1.54) is 0 Å². The number of halogens is 5. The monoisotopic (exact) mass is 377 g/mol. The number of nitrogens with two attached hydrogens (primary N) is 1. The third-order valence-electron chi connectivity index (χ3n) is 3.01. The van der Waals surface area contributed by atoms with Gasteiger partial charge in [0.1, 0.15) is 0 Å². The van der Waals surface area contributed by atoms with Gasteiger partial charge in [0.15, 0.2) is 0 Å². The van der Waals surface area contributed by atoms with Crippen LogP contribution in [0.4, 0.5) is 0 Å². The number of carboxylic acids is 1. The van der Waals surface area contributed by atoms with E-state index in [0.717, 1.165) is 0 Å². The van der Waals surface area contributed by atoms with Gasteiger partial charge in [0.05, 0.1) is 31.0 Å². The van der Waals surface area contributed by atoms with Gasteiger partial charge in [0.25, 0.3) is 0 Å². The van der Waals surface area contributed by atoms with Crippen molar-refractivity contribution in [2.75, 3.05) is 6.54 Å². The summed E-state index contributed by atoms with van der Waals surface area (Å²) < 4.78 is 0. The summed E-state index contributed by atoms with van der Waals surface area (Å²) in [5.74, 6) is -1.96. The van der Waals surface area contributed by atoms with Crippen molar-refractivity contribution in [1.29, 1.82) is 0 Å². The Balaban J connectivity index is 3.23. The van der Waals surface area contributed by atoms with Crippen LogP contribution in [0.15, 0.2) is 0 Å². The van der Waals surface area contributed by atoms with Crippen molar-refractivity contribution in [2.24, 2.45) is 11.7 Å². The minimum atomic E-state index is -0.974. The average Bonchev–Trinajstić information content (AvgIpc) is 2.40. The molecule has 0 radical (unpaired) electrons. The number of hydrogen-bond acceptors (Lipinski definition) is 2. The summed E-state index contributed by atoms with van der Waals surface area (Å²) in [6.45, 7) is 1.79. The fourth-order valence-corrected chi connectivity index (χ4v) is 3.42. The van der Waals surface area contributed by atoms with Crippen LogP contribution >= 0.6 is 58.0 Å². The molecule has 0 aliphatic carbocycles. The lowest BCUT2D eigenvalue weighted by atomic mass is 9.90. The lowest BCUT2D eigenvalue weighted by Gasteiger charge is -2.21. The van der Waals surface area contributed by atoms with Gasteiger partial charge in [-0.05, 0) is 17.9 Å². The molecule has 0 saturated carbocycles.